The molecule has 36 heavy (non-hydrogen) atoms. The molecule has 4 aliphatic carbocycles. The first-order chi connectivity index (χ1) is 17.9. The molecule has 2 atom stereocenters. The molecule has 0 amide bonds. The second kappa shape index (κ2) is 6.62. The average Bonchev–Trinajstić information content (AvgIpc) is 3.46. The molecule has 0 heterocycles. The summed E-state index contributed by atoms with van der Waals surface area (Å²) in [5.41, 5.74) is 14.1. The summed E-state index contributed by atoms with van der Waals surface area (Å²) in [6.07, 6.45) is 11.9. The molecule has 0 nitrogen and oxygen atoms in total. The van der Waals surface area contributed by atoms with Crippen molar-refractivity contribution in [3.05, 3.63) is 138 Å². The highest BCUT2D eigenvalue weighted by atomic mass is 14.4. The minimum atomic E-state index is 0.338. The van der Waals surface area contributed by atoms with Gasteiger partial charge in [0.1, 0.15) is 0 Å². The fourth-order valence-electron chi connectivity index (χ4n) is 7.37. The first kappa shape index (κ1) is 18.9. The van der Waals surface area contributed by atoms with E-state index in [2.05, 4.69) is 121 Å². The topological polar surface area (TPSA) is 0 Å². The van der Waals surface area contributed by atoms with Crippen LogP contribution in [0.2, 0.25) is 0 Å². The predicted molar refractivity (Wildman–Crippen MR) is 152 cm³/mol. The molecule has 0 spiro atoms. The van der Waals surface area contributed by atoms with Gasteiger partial charge in [-0.05, 0) is 77.2 Å². The average molecular weight is 455 g/mol. The van der Waals surface area contributed by atoms with Crippen LogP contribution in [-0.2, 0) is 0 Å². The van der Waals surface area contributed by atoms with Gasteiger partial charge >= 0.3 is 0 Å². The monoisotopic (exact) mass is 454 g/mol. The number of allylic oxidation sites excluding steroid dienone is 8. The molecule has 2 unspecified atom stereocenters. The van der Waals surface area contributed by atoms with Gasteiger partial charge in [0, 0.05) is 11.8 Å². The van der Waals surface area contributed by atoms with Crippen LogP contribution in [0.3, 0.4) is 0 Å². The van der Waals surface area contributed by atoms with Crippen molar-refractivity contribution in [2.24, 2.45) is 11.8 Å². The quantitative estimate of drug-likeness (QED) is 0.232. The molecule has 0 radical (unpaired) electrons. The predicted octanol–water partition coefficient (Wildman–Crippen LogP) is 9.32. The molecule has 9 rings (SSSR count). The Kier molecular flexibility index (Phi) is 3.47. The van der Waals surface area contributed by atoms with E-state index in [0.29, 0.717) is 11.8 Å². The lowest BCUT2D eigenvalue weighted by molar-refractivity contribution is 0.726. The first-order valence-electron chi connectivity index (χ1n) is 12.9. The van der Waals surface area contributed by atoms with E-state index in [1.54, 1.807) is 0 Å². The number of rotatable bonds is 1. The molecule has 0 saturated carbocycles. The van der Waals surface area contributed by atoms with Gasteiger partial charge in [-0.1, -0.05) is 121 Å². The smallest absolute Gasteiger partial charge is 0.0206 e. The summed E-state index contributed by atoms with van der Waals surface area (Å²) in [7, 11) is 0. The number of fused-ring (bicyclic) bond motifs is 8. The standard InChI is InChI=1S/C36H22/c1-2-9-23-21(7-1)15-17-31-29-14-6-13-27-25(19-20-32(34(23)31)35(27)29)30-18-16-22-8-5-12-26-24-10-3-4-11-28(24)36(30)33(22)26/h1-20,27,35H. The van der Waals surface area contributed by atoms with Gasteiger partial charge in [-0.25, -0.2) is 0 Å². The lowest BCUT2D eigenvalue weighted by atomic mass is 9.71. The van der Waals surface area contributed by atoms with Gasteiger partial charge < -0.3 is 0 Å². The summed E-state index contributed by atoms with van der Waals surface area (Å²) >= 11 is 0. The molecule has 5 aromatic rings. The van der Waals surface area contributed by atoms with Crippen LogP contribution in [-0.4, -0.2) is 0 Å². The fourth-order valence-corrected chi connectivity index (χ4v) is 7.37. The summed E-state index contributed by atoms with van der Waals surface area (Å²) < 4.78 is 0. The Bertz CT molecular complexity index is 1940. The minimum Gasteiger partial charge on any atom is -0.0760 e. The third kappa shape index (κ3) is 2.21. The minimum absolute atomic E-state index is 0.338. The summed E-state index contributed by atoms with van der Waals surface area (Å²) in [4.78, 5) is 0. The number of benzene rings is 5. The molecule has 5 aromatic carbocycles. The highest BCUT2D eigenvalue weighted by Crippen LogP contribution is 2.59. The number of hydrogen-bond acceptors (Lipinski definition) is 0. The van der Waals surface area contributed by atoms with E-state index in [4.69, 9.17) is 0 Å². The molecule has 0 bridgehead atoms. The molecule has 0 saturated heterocycles. The largest absolute Gasteiger partial charge is 0.0760 e. The third-order valence-corrected chi connectivity index (χ3v) is 8.80. The molecule has 0 aliphatic heterocycles. The highest BCUT2D eigenvalue weighted by molar-refractivity contribution is 6.18. The van der Waals surface area contributed by atoms with Crippen LogP contribution >= 0.6 is 0 Å². The summed E-state index contributed by atoms with van der Waals surface area (Å²) in [5.74, 6) is 0.718. The van der Waals surface area contributed by atoms with Crippen molar-refractivity contribution in [1.82, 2.24) is 0 Å². The van der Waals surface area contributed by atoms with Crippen molar-refractivity contribution >= 4 is 38.3 Å². The summed E-state index contributed by atoms with van der Waals surface area (Å²) in [6.45, 7) is 0. The van der Waals surface area contributed by atoms with Crippen LogP contribution in [0.15, 0.2) is 121 Å². The van der Waals surface area contributed by atoms with Crippen LogP contribution in [0, 0.1) is 11.8 Å². The van der Waals surface area contributed by atoms with Crippen LogP contribution < -0.4 is 0 Å². The van der Waals surface area contributed by atoms with Crippen LogP contribution in [0.4, 0.5) is 0 Å². The molecule has 0 heteroatoms. The maximum absolute atomic E-state index is 2.44. The van der Waals surface area contributed by atoms with Crippen LogP contribution in [0.5, 0.6) is 0 Å². The lowest BCUT2D eigenvalue weighted by Gasteiger charge is -2.32. The Morgan fingerprint density at radius 3 is 2.11 bits per heavy atom. The van der Waals surface area contributed by atoms with E-state index in [1.807, 2.05) is 0 Å². The van der Waals surface area contributed by atoms with Crippen LogP contribution in [0.1, 0.15) is 16.7 Å². The van der Waals surface area contributed by atoms with E-state index in [9.17, 15) is 0 Å². The summed E-state index contributed by atoms with van der Waals surface area (Å²) in [6, 6.07) is 33.8. The van der Waals surface area contributed by atoms with E-state index >= 15 is 0 Å². The second-order valence-corrected chi connectivity index (χ2v) is 10.4. The lowest BCUT2D eigenvalue weighted by Crippen LogP contribution is -2.18. The van der Waals surface area contributed by atoms with Crippen molar-refractivity contribution in [3.8, 4) is 22.3 Å². The van der Waals surface area contributed by atoms with Crippen molar-refractivity contribution in [3.63, 3.8) is 0 Å². The van der Waals surface area contributed by atoms with Gasteiger partial charge in [-0.2, -0.15) is 0 Å². The molecule has 0 N–H and O–H groups in total. The van der Waals surface area contributed by atoms with Gasteiger partial charge in [0.2, 0.25) is 0 Å². The Morgan fingerprint density at radius 1 is 0.444 bits per heavy atom. The molecule has 166 valence electrons. The molecule has 4 aliphatic rings. The first-order valence-corrected chi connectivity index (χ1v) is 12.9. The van der Waals surface area contributed by atoms with E-state index in [-0.39, 0.29) is 0 Å². The maximum atomic E-state index is 2.44. The fraction of sp³-hybridized carbons (Fsp3) is 0.0556. The Hall–Kier alpha value is -4.42. The highest BCUT2D eigenvalue weighted by Gasteiger charge is 2.42. The Balaban J connectivity index is 1.32. The Morgan fingerprint density at radius 2 is 1.17 bits per heavy atom. The zero-order chi connectivity index (χ0) is 23.4. The van der Waals surface area contributed by atoms with Gasteiger partial charge in [0.25, 0.3) is 0 Å². The van der Waals surface area contributed by atoms with Gasteiger partial charge in [-0.3, -0.25) is 0 Å². The SMILES string of the molecule is C1=CC2C(c3ccc4cccc5c4c3-c3ccccc3-5)=CC=C3c4c(ccc5ccccc45)C(=C1)C32. The van der Waals surface area contributed by atoms with Crippen molar-refractivity contribution in [1.29, 1.82) is 0 Å². The molecule has 0 aromatic heterocycles. The van der Waals surface area contributed by atoms with Crippen LogP contribution in [0.25, 0.3) is 60.5 Å². The summed E-state index contributed by atoms with van der Waals surface area (Å²) in [5, 5.41) is 5.43. The van der Waals surface area contributed by atoms with Crippen molar-refractivity contribution in [2.75, 3.05) is 0 Å². The van der Waals surface area contributed by atoms with Crippen molar-refractivity contribution < 1.29 is 0 Å². The zero-order valence-corrected chi connectivity index (χ0v) is 19.7. The molecular formula is C36H22. The van der Waals surface area contributed by atoms with Gasteiger partial charge in [0.15, 0.2) is 0 Å². The maximum Gasteiger partial charge on any atom is 0.0206 e. The van der Waals surface area contributed by atoms with E-state index in [1.165, 1.54) is 77.2 Å². The third-order valence-electron chi connectivity index (χ3n) is 8.80. The normalized spacial score (nSPS) is 20.1. The Labute approximate surface area is 210 Å². The van der Waals surface area contributed by atoms with E-state index < -0.39 is 0 Å². The second-order valence-electron chi connectivity index (χ2n) is 10.4. The van der Waals surface area contributed by atoms with Crippen molar-refractivity contribution in [2.45, 2.75) is 0 Å². The number of hydrogen-bond donors (Lipinski definition) is 0. The molecule has 0 fully saturated rings. The van der Waals surface area contributed by atoms with Gasteiger partial charge in [-0.15, -0.1) is 0 Å². The molecular weight excluding hydrogens is 432 g/mol. The van der Waals surface area contributed by atoms with E-state index in [0.717, 1.165) is 0 Å². The zero-order valence-electron chi connectivity index (χ0n) is 19.7. The van der Waals surface area contributed by atoms with Gasteiger partial charge in [0.05, 0.1) is 0 Å².